The number of ether oxygens (including phenoxy) is 2. The lowest BCUT2D eigenvalue weighted by molar-refractivity contribution is -0.0544. The van der Waals surface area contributed by atoms with Crippen LogP contribution in [0.4, 0.5) is 4.39 Å². The minimum absolute atomic E-state index is 0.276. The van der Waals surface area contributed by atoms with E-state index < -0.39 is 12.0 Å². The molecule has 0 bridgehead atoms. The van der Waals surface area contributed by atoms with Crippen LogP contribution in [0, 0.1) is 5.41 Å². The summed E-state index contributed by atoms with van der Waals surface area (Å²) < 4.78 is 25.7. The number of alkyl halides is 1. The van der Waals surface area contributed by atoms with Gasteiger partial charge < -0.3 is 9.47 Å². The van der Waals surface area contributed by atoms with Crippen molar-refractivity contribution < 1.29 is 13.9 Å². The molecule has 1 aliphatic rings. The maximum Gasteiger partial charge on any atom is 0.269 e. The molecule has 0 N–H and O–H groups in total. The minimum Gasteiger partial charge on any atom is -0.457 e. The molecule has 4 heteroatoms. The zero-order chi connectivity index (χ0) is 12.7. The molecule has 1 saturated heterocycles. The van der Waals surface area contributed by atoms with E-state index in [4.69, 9.17) is 9.47 Å². The predicted molar refractivity (Wildman–Crippen MR) is 67.8 cm³/mol. The summed E-state index contributed by atoms with van der Waals surface area (Å²) >= 11 is 3.32. The van der Waals surface area contributed by atoms with Gasteiger partial charge in [0.1, 0.15) is 5.75 Å². The molecule has 2 atom stereocenters. The SMILES string of the molecule is CC(C)(C)C1(C(F)Oc2ccc(Br)cc2)CO1. The molecular formula is C13H16BrFO2. The summed E-state index contributed by atoms with van der Waals surface area (Å²) in [6, 6.07) is 7.10. The molecule has 2 unspecified atom stereocenters. The van der Waals surface area contributed by atoms with E-state index in [0.29, 0.717) is 12.4 Å². The third kappa shape index (κ3) is 2.47. The Balaban J connectivity index is 2.07. The number of benzene rings is 1. The first-order valence-electron chi connectivity index (χ1n) is 5.55. The third-order valence-electron chi connectivity index (χ3n) is 3.14. The number of epoxide rings is 1. The maximum atomic E-state index is 14.2. The quantitative estimate of drug-likeness (QED) is 0.789. The second-order valence-electron chi connectivity index (χ2n) is 5.32. The summed E-state index contributed by atoms with van der Waals surface area (Å²) in [6.07, 6.45) is -1.44. The van der Waals surface area contributed by atoms with Crippen LogP contribution in [0.15, 0.2) is 28.7 Å². The minimum atomic E-state index is -1.44. The predicted octanol–water partition coefficient (Wildman–Crippen LogP) is 3.94. The van der Waals surface area contributed by atoms with Crippen LogP contribution in [0.25, 0.3) is 0 Å². The van der Waals surface area contributed by atoms with E-state index in [9.17, 15) is 4.39 Å². The Morgan fingerprint density at radius 2 is 1.88 bits per heavy atom. The van der Waals surface area contributed by atoms with Crippen LogP contribution in [-0.2, 0) is 4.74 Å². The fourth-order valence-electron chi connectivity index (χ4n) is 1.71. The van der Waals surface area contributed by atoms with Gasteiger partial charge in [-0.05, 0) is 29.7 Å². The topological polar surface area (TPSA) is 21.8 Å². The third-order valence-corrected chi connectivity index (χ3v) is 3.67. The highest BCUT2D eigenvalue weighted by Crippen LogP contribution is 2.48. The molecule has 0 spiro atoms. The Morgan fingerprint density at radius 3 is 2.29 bits per heavy atom. The Bertz CT molecular complexity index is 393. The summed E-state index contributed by atoms with van der Waals surface area (Å²) in [5, 5.41) is 0. The zero-order valence-electron chi connectivity index (χ0n) is 10.2. The van der Waals surface area contributed by atoms with E-state index in [2.05, 4.69) is 15.9 Å². The average molecular weight is 303 g/mol. The van der Waals surface area contributed by atoms with Crippen molar-refractivity contribution in [2.24, 2.45) is 5.41 Å². The van der Waals surface area contributed by atoms with Crippen molar-refractivity contribution in [1.82, 2.24) is 0 Å². The van der Waals surface area contributed by atoms with Gasteiger partial charge in [-0.15, -0.1) is 0 Å². The van der Waals surface area contributed by atoms with Crippen molar-refractivity contribution in [2.45, 2.75) is 32.7 Å². The van der Waals surface area contributed by atoms with Gasteiger partial charge >= 0.3 is 0 Å². The van der Waals surface area contributed by atoms with Gasteiger partial charge in [0, 0.05) is 4.47 Å². The standard InChI is InChI=1S/C13H16BrFO2/c1-12(2,3)13(8-16-13)11(15)17-10-6-4-9(14)5-7-10/h4-7,11H,8H2,1-3H3. The van der Waals surface area contributed by atoms with E-state index in [1.165, 1.54) is 0 Å². The molecule has 1 fully saturated rings. The van der Waals surface area contributed by atoms with E-state index >= 15 is 0 Å². The summed E-state index contributed by atoms with van der Waals surface area (Å²) in [5.74, 6) is 0.514. The summed E-state index contributed by atoms with van der Waals surface area (Å²) in [4.78, 5) is 0. The molecule has 0 amide bonds. The lowest BCUT2D eigenvalue weighted by atomic mass is 9.81. The van der Waals surface area contributed by atoms with Gasteiger partial charge in [-0.25, -0.2) is 0 Å². The van der Waals surface area contributed by atoms with Crippen molar-refractivity contribution >= 4 is 15.9 Å². The van der Waals surface area contributed by atoms with Crippen molar-refractivity contribution in [2.75, 3.05) is 6.61 Å². The molecular weight excluding hydrogens is 287 g/mol. The maximum absolute atomic E-state index is 14.2. The van der Waals surface area contributed by atoms with E-state index in [1.54, 1.807) is 12.1 Å². The second-order valence-corrected chi connectivity index (χ2v) is 6.23. The smallest absolute Gasteiger partial charge is 0.269 e. The number of hydrogen-bond donors (Lipinski definition) is 0. The van der Waals surface area contributed by atoms with Crippen LogP contribution in [0.5, 0.6) is 5.75 Å². The summed E-state index contributed by atoms with van der Waals surface area (Å²) in [6.45, 7) is 6.28. The van der Waals surface area contributed by atoms with Gasteiger partial charge in [-0.1, -0.05) is 36.7 Å². The van der Waals surface area contributed by atoms with Crippen LogP contribution in [0.1, 0.15) is 20.8 Å². The van der Waals surface area contributed by atoms with Crippen LogP contribution in [-0.4, -0.2) is 18.6 Å². The van der Waals surface area contributed by atoms with E-state index in [1.807, 2.05) is 32.9 Å². The molecule has 1 aromatic carbocycles. The fraction of sp³-hybridized carbons (Fsp3) is 0.538. The molecule has 1 heterocycles. The Kier molecular flexibility index (Phi) is 3.21. The second kappa shape index (κ2) is 4.25. The molecule has 2 rings (SSSR count). The van der Waals surface area contributed by atoms with Crippen molar-refractivity contribution in [1.29, 1.82) is 0 Å². The average Bonchev–Trinajstić information content (AvgIpc) is 3.01. The highest BCUT2D eigenvalue weighted by Gasteiger charge is 2.62. The Labute approximate surface area is 109 Å². The molecule has 1 aromatic rings. The molecule has 2 nitrogen and oxygen atoms in total. The van der Waals surface area contributed by atoms with Gasteiger partial charge in [0.05, 0.1) is 6.61 Å². The largest absolute Gasteiger partial charge is 0.457 e. The first kappa shape index (κ1) is 12.8. The number of hydrogen-bond acceptors (Lipinski definition) is 2. The van der Waals surface area contributed by atoms with Crippen molar-refractivity contribution in [3.8, 4) is 5.75 Å². The van der Waals surface area contributed by atoms with Crippen molar-refractivity contribution in [3.05, 3.63) is 28.7 Å². The van der Waals surface area contributed by atoms with Gasteiger partial charge in [0.25, 0.3) is 6.36 Å². The highest BCUT2D eigenvalue weighted by molar-refractivity contribution is 9.10. The summed E-state index contributed by atoms with van der Waals surface area (Å²) in [5.41, 5.74) is -1.08. The van der Waals surface area contributed by atoms with Gasteiger partial charge in [0.2, 0.25) is 0 Å². The van der Waals surface area contributed by atoms with E-state index in [-0.39, 0.29) is 5.41 Å². The first-order chi connectivity index (χ1) is 7.85. The monoisotopic (exact) mass is 302 g/mol. The number of halogens is 2. The lowest BCUT2D eigenvalue weighted by Crippen LogP contribution is -2.42. The molecule has 1 aliphatic heterocycles. The lowest BCUT2D eigenvalue weighted by Gasteiger charge is -2.30. The van der Waals surface area contributed by atoms with Crippen LogP contribution in [0.3, 0.4) is 0 Å². The van der Waals surface area contributed by atoms with Gasteiger partial charge in [-0.3, -0.25) is 0 Å². The van der Waals surface area contributed by atoms with Crippen LogP contribution >= 0.6 is 15.9 Å². The molecule has 0 radical (unpaired) electrons. The fourth-order valence-corrected chi connectivity index (χ4v) is 1.97. The van der Waals surface area contributed by atoms with Gasteiger partial charge in [0.15, 0.2) is 5.60 Å². The van der Waals surface area contributed by atoms with Crippen molar-refractivity contribution in [3.63, 3.8) is 0 Å². The molecule has 0 saturated carbocycles. The van der Waals surface area contributed by atoms with Crippen LogP contribution in [0.2, 0.25) is 0 Å². The van der Waals surface area contributed by atoms with E-state index in [0.717, 1.165) is 4.47 Å². The normalized spacial score (nSPS) is 25.5. The highest BCUT2D eigenvalue weighted by atomic mass is 79.9. The number of rotatable bonds is 3. The molecule has 0 aliphatic carbocycles. The Morgan fingerprint density at radius 1 is 1.35 bits per heavy atom. The Hall–Kier alpha value is -0.610. The molecule has 94 valence electrons. The zero-order valence-corrected chi connectivity index (χ0v) is 11.8. The molecule has 0 aromatic heterocycles. The summed E-state index contributed by atoms with van der Waals surface area (Å²) in [7, 11) is 0. The van der Waals surface area contributed by atoms with Gasteiger partial charge in [-0.2, -0.15) is 4.39 Å². The first-order valence-corrected chi connectivity index (χ1v) is 6.35. The van der Waals surface area contributed by atoms with Crippen LogP contribution < -0.4 is 4.74 Å². The molecule has 17 heavy (non-hydrogen) atoms.